The molecule has 0 bridgehead atoms. The first-order valence-electron chi connectivity index (χ1n) is 14.7. The molecular weight excluding hydrogens is 623 g/mol. The summed E-state index contributed by atoms with van der Waals surface area (Å²) in [6.45, 7) is 5.77. The fraction of sp³-hybridized carbons (Fsp3) is 0.312. The molecular formula is C32H45N9OS3. The lowest BCUT2D eigenvalue weighted by Gasteiger charge is -2.22. The maximum absolute atomic E-state index is 12.8. The van der Waals surface area contributed by atoms with Gasteiger partial charge in [0.25, 0.3) is 0 Å². The van der Waals surface area contributed by atoms with E-state index in [0.29, 0.717) is 42.0 Å². The summed E-state index contributed by atoms with van der Waals surface area (Å²) in [6.07, 6.45) is 1.08. The van der Waals surface area contributed by atoms with Crippen LogP contribution in [0.5, 0.6) is 0 Å². The summed E-state index contributed by atoms with van der Waals surface area (Å²) in [5.74, 6) is 0.0549. The number of hydrazine groups is 1. The van der Waals surface area contributed by atoms with E-state index in [1.165, 1.54) is 11.1 Å². The number of benzene rings is 3. The average Bonchev–Trinajstić information content (AvgIpc) is 3.05. The van der Waals surface area contributed by atoms with Crippen LogP contribution < -0.4 is 43.2 Å². The lowest BCUT2D eigenvalue weighted by atomic mass is 10.1. The zero-order valence-electron chi connectivity index (χ0n) is 26.1. The average molecular weight is 668 g/mol. The topological polar surface area (TPSA) is 131 Å². The maximum atomic E-state index is 12.8. The minimum atomic E-state index is 0.0549. The lowest BCUT2D eigenvalue weighted by Crippen LogP contribution is -2.41. The summed E-state index contributed by atoms with van der Waals surface area (Å²) in [6, 6.07) is 23.3. The first kappa shape index (κ1) is 37.6. The molecule has 0 fully saturated rings. The van der Waals surface area contributed by atoms with Crippen LogP contribution in [0.4, 0.5) is 17.1 Å². The Morgan fingerprint density at radius 1 is 0.800 bits per heavy atom. The summed E-state index contributed by atoms with van der Waals surface area (Å²) in [7, 11) is 3.63. The van der Waals surface area contributed by atoms with Gasteiger partial charge >= 0.3 is 0 Å². The van der Waals surface area contributed by atoms with E-state index in [4.69, 9.17) is 30.2 Å². The van der Waals surface area contributed by atoms with Gasteiger partial charge in [0.05, 0.1) is 12.0 Å². The predicted octanol–water partition coefficient (Wildman–Crippen LogP) is 3.87. The van der Waals surface area contributed by atoms with E-state index in [1.807, 2.05) is 55.6 Å². The second kappa shape index (κ2) is 22.0. The summed E-state index contributed by atoms with van der Waals surface area (Å²) < 4.78 is 0. The molecule has 0 saturated carbocycles. The highest BCUT2D eigenvalue weighted by Crippen LogP contribution is 2.12. The van der Waals surface area contributed by atoms with Crippen LogP contribution in [-0.2, 0) is 13.0 Å². The Morgan fingerprint density at radius 3 is 1.91 bits per heavy atom. The van der Waals surface area contributed by atoms with Crippen LogP contribution in [0.2, 0.25) is 0 Å². The van der Waals surface area contributed by atoms with Crippen molar-refractivity contribution in [2.24, 2.45) is 5.73 Å². The maximum Gasteiger partial charge on any atom is 0.185 e. The lowest BCUT2D eigenvalue weighted by molar-refractivity contribution is 0.0933. The number of likely N-dealkylation sites (N-methyl/N-ethyl adjacent to an activating group) is 1. The number of nitrogens with zero attached hydrogens (tertiary/aromatic N) is 1. The van der Waals surface area contributed by atoms with Gasteiger partial charge in [-0.05, 0) is 97.6 Å². The van der Waals surface area contributed by atoms with Gasteiger partial charge in [0.15, 0.2) is 16.0 Å². The largest absolute Gasteiger partial charge is 0.361 e. The molecule has 3 aromatic rings. The molecule has 9 N–H and O–H groups in total. The zero-order valence-corrected chi connectivity index (χ0v) is 28.6. The molecule has 3 rings (SSSR count). The standard InChI is InChI=1S/C23H34N8OS2.C9H11NS/c1-25-11-13-31(14-12-27-22(33)28-19-7-3-17(15-24)4-8-19)16-21(32)18-5-9-20(10-6-18)29-23(34)30-26-2;1-2-8-3-5-9(6-4-8)10-7-11/h3-10,25-26H,11-16,24H2,1-2H3,(H2,27,28,33)(H2,29,30,34);3-7H,2H2,1H3,(H,10,11). The Kier molecular flexibility index (Phi) is 18.4. The molecule has 0 aliphatic rings. The van der Waals surface area contributed by atoms with Crippen molar-refractivity contribution in [3.63, 3.8) is 0 Å². The number of carbonyl (C=O) groups excluding carboxylic acids is 1. The quantitative estimate of drug-likeness (QED) is 0.0640. The Hall–Kier alpha value is -3.56. The van der Waals surface area contributed by atoms with Crippen molar-refractivity contribution >= 4 is 75.2 Å². The normalized spacial score (nSPS) is 10.2. The number of carbonyl (C=O) groups is 1. The van der Waals surface area contributed by atoms with Crippen LogP contribution in [0.25, 0.3) is 0 Å². The van der Waals surface area contributed by atoms with Crippen molar-refractivity contribution < 1.29 is 4.79 Å². The van der Waals surface area contributed by atoms with Gasteiger partial charge in [0.1, 0.15) is 0 Å². The fourth-order valence-corrected chi connectivity index (χ4v) is 4.56. The zero-order chi connectivity index (χ0) is 32.9. The second-order valence-corrected chi connectivity index (χ2v) is 10.9. The fourth-order valence-electron chi connectivity index (χ4n) is 3.98. The minimum Gasteiger partial charge on any atom is -0.361 e. The third kappa shape index (κ3) is 15.3. The van der Waals surface area contributed by atoms with Crippen LogP contribution in [0, 0.1) is 0 Å². The molecule has 45 heavy (non-hydrogen) atoms. The molecule has 10 nitrogen and oxygen atoms in total. The Morgan fingerprint density at radius 2 is 1.36 bits per heavy atom. The molecule has 3 aromatic carbocycles. The van der Waals surface area contributed by atoms with Gasteiger partial charge in [-0.1, -0.05) is 43.4 Å². The van der Waals surface area contributed by atoms with Gasteiger partial charge in [-0.2, -0.15) is 0 Å². The second-order valence-electron chi connectivity index (χ2n) is 9.80. The number of Topliss-reactive ketones (excluding diaryl/α,β-unsaturated/α-hetero) is 1. The molecule has 0 saturated heterocycles. The number of thiocarbonyl (C=S) groups is 3. The van der Waals surface area contributed by atoms with E-state index in [2.05, 4.69) is 73.6 Å². The van der Waals surface area contributed by atoms with Gasteiger partial charge in [0, 0.05) is 62.4 Å². The van der Waals surface area contributed by atoms with Gasteiger partial charge in [0.2, 0.25) is 0 Å². The Balaban J connectivity index is 0.000000537. The number of nitrogens with two attached hydrogens (primary N) is 1. The van der Waals surface area contributed by atoms with E-state index in [1.54, 1.807) is 19.2 Å². The van der Waals surface area contributed by atoms with E-state index in [0.717, 1.165) is 42.1 Å². The smallest absolute Gasteiger partial charge is 0.185 e. The van der Waals surface area contributed by atoms with E-state index in [9.17, 15) is 4.79 Å². The Labute approximate surface area is 283 Å². The van der Waals surface area contributed by atoms with Gasteiger partial charge < -0.3 is 32.3 Å². The molecule has 0 atom stereocenters. The third-order valence-electron chi connectivity index (χ3n) is 6.50. The number of nitrogens with one attached hydrogen (secondary N) is 7. The molecule has 0 aromatic heterocycles. The molecule has 13 heteroatoms. The summed E-state index contributed by atoms with van der Waals surface area (Å²) in [5.41, 5.74) is 18.5. The molecule has 0 unspecified atom stereocenters. The van der Waals surface area contributed by atoms with Crippen molar-refractivity contribution in [3.8, 4) is 0 Å². The molecule has 0 radical (unpaired) electrons. The van der Waals surface area contributed by atoms with Crippen molar-refractivity contribution in [2.45, 2.75) is 19.9 Å². The molecule has 0 heterocycles. The number of rotatable bonds is 16. The predicted molar refractivity (Wildman–Crippen MR) is 201 cm³/mol. The number of aryl methyl sites for hydroxylation is 1. The van der Waals surface area contributed by atoms with Crippen molar-refractivity contribution in [2.75, 3.05) is 62.8 Å². The first-order valence-corrected chi connectivity index (χ1v) is 16.0. The monoisotopic (exact) mass is 667 g/mol. The van der Waals surface area contributed by atoms with E-state index >= 15 is 0 Å². The van der Waals surface area contributed by atoms with Gasteiger partial charge in [-0.15, -0.1) is 0 Å². The molecule has 0 aliphatic carbocycles. The highest BCUT2D eigenvalue weighted by atomic mass is 32.1. The molecule has 242 valence electrons. The van der Waals surface area contributed by atoms with Crippen molar-refractivity contribution in [3.05, 3.63) is 89.5 Å². The van der Waals surface area contributed by atoms with E-state index in [-0.39, 0.29) is 5.78 Å². The Bertz CT molecular complexity index is 1320. The summed E-state index contributed by atoms with van der Waals surface area (Å²) >= 11 is 15.2. The molecule has 0 amide bonds. The highest BCUT2D eigenvalue weighted by molar-refractivity contribution is 7.80. The van der Waals surface area contributed by atoms with Crippen molar-refractivity contribution in [1.82, 2.24) is 26.4 Å². The van der Waals surface area contributed by atoms with Crippen LogP contribution in [-0.4, -0.2) is 73.2 Å². The van der Waals surface area contributed by atoms with Gasteiger partial charge in [-0.25, -0.2) is 5.43 Å². The number of ketones is 1. The molecule has 0 aliphatic heterocycles. The summed E-state index contributed by atoms with van der Waals surface area (Å²) in [5, 5.41) is 16.5. The van der Waals surface area contributed by atoms with Crippen LogP contribution in [0.3, 0.4) is 0 Å². The SMILES string of the molecule is CCc1ccc(NC=S)cc1.CNCCN(CCNC(=S)Nc1ccc(CN)cc1)CC(=O)c1ccc(NC(=S)NNC)cc1. The first-order chi connectivity index (χ1) is 21.8. The minimum absolute atomic E-state index is 0.0549. The number of anilines is 3. The molecule has 0 spiro atoms. The van der Waals surface area contributed by atoms with Gasteiger partial charge in [-0.3, -0.25) is 15.1 Å². The third-order valence-corrected chi connectivity index (χ3v) is 7.07. The number of hydrogen-bond acceptors (Lipinski definition) is 8. The summed E-state index contributed by atoms with van der Waals surface area (Å²) in [4.78, 5) is 14.9. The van der Waals surface area contributed by atoms with Crippen LogP contribution in [0.15, 0.2) is 72.8 Å². The number of hydrogen-bond donors (Lipinski definition) is 8. The van der Waals surface area contributed by atoms with Crippen LogP contribution in [0.1, 0.15) is 28.4 Å². The van der Waals surface area contributed by atoms with E-state index < -0.39 is 0 Å². The van der Waals surface area contributed by atoms with Crippen molar-refractivity contribution in [1.29, 1.82) is 0 Å². The highest BCUT2D eigenvalue weighted by Gasteiger charge is 2.13. The van der Waals surface area contributed by atoms with Crippen LogP contribution >= 0.6 is 36.7 Å².